The highest BCUT2D eigenvalue weighted by molar-refractivity contribution is 5.21. The number of unbranched alkanes of at least 4 members (excludes halogenated alkanes) is 6. The molecule has 0 spiro atoms. The summed E-state index contributed by atoms with van der Waals surface area (Å²) in [6, 6.07) is 2.59. The van der Waals surface area contributed by atoms with Crippen molar-refractivity contribution in [2.75, 3.05) is 7.05 Å². The number of rotatable bonds is 11. The van der Waals surface area contributed by atoms with Crippen molar-refractivity contribution in [3.05, 3.63) is 23.7 Å². The number of furan rings is 1. The van der Waals surface area contributed by atoms with E-state index in [0.717, 1.165) is 12.2 Å². The highest BCUT2D eigenvalue weighted by Crippen LogP contribution is 2.24. The summed E-state index contributed by atoms with van der Waals surface area (Å²) >= 11 is 0. The number of hydrogen-bond acceptors (Lipinski definition) is 2. The minimum absolute atomic E-state index is 0.462. The zero-order valence-electron chi connectivity index (χ0n) is 13.0. The van der Waals surface area contributed by atoms with Gasteiger partial charge in [-0.15, -0.1) is 0 Å². The van der Waals surface area contributed by atoms with Gasteiger partial charge in [0.25, 0.3) is 0 Å². The third-order valence-electron chi connectivity index (χ3n) is 3.92. The van der Waals surface area contributed by atoms with E-state index < -0.39 is 0 Å². The van der Waals surface area contributed by atoms with E-state index in [1.54, 1.807) is 0 Å². The minimum atomic E-state index is 0.462. The lowest BCUT2D eigenvalue weighted by Crippen LogP contribution is -2.16. The van der Waals surface area contributed by atoms with Crippen LogP contribution in [-0.2, 0) is 6.42 Å². The normalized spacial score (nSPS) is 12.8. The summed E-state index contributed by atoms with van der Waals surface area (Å²) in [5.41, 5.74) is 1.36. The third-order valence-corrected chi connectivity index (χ3v) is 3.92. The van der Waals surface area contributed by atoms with Crippen LogP contribution in [-0.4, -0.2) is 7.05 Å². The Hall–Kier alpha value is -0.760. The van der Waals surface area contributed by atoms with Gasteiger partial charge in [-0.1, -0.05) is 58.8 Å². The lowest BCUT2D eigenvalue weighted by molar-refractivity contribution is 0.469. The largest absolute Gasteiger partial charge is 0.469 e. The minimum Gasteiger partial charge on any atom is -0.469 e. The summed E-state index contributed by atoms with van der Waals surface area (Å²) in [6.07, 6.45) is 13.6. The van der Waals surface area contributed by atoms with Crippen LogP contribution in [0.3, 0.4) is 0 Å². The van der Waals surface area contributed by atoms with Gasteiger partial charge in [0, 0.05) is 18.0 Å². The van der Waals surface area contributed by atoms with Crippen LogP contribution in [0.2, 0.25) is 0 Å². The maximum Gasteiger partial charge on any atom is 0.108 e. The average Bonchev–Trinajstić information content (AvgIpc) is 2.90. The van der Waals surface area contributed by atoms with Gasteiger partial charge in [0.15, 0.2) is 0 Å². The molecule has 1 unspecified atom stereocenters. The second-order valence-corrected chi connectivity index (χ2v) is 5.40. The van der Waals surface area contributed by atoms with E-state index in [1.165, 1.54) is 56.9 Å². The van der Waals surface area contributed by atoms with Crippen LogP contribution >= 0.6 is 0 Å². The molecule has 2 nitrogen and oxygen atoms in total. The number of nitrogens with one attached hydrogen (secondary N) is 1. The molecule has 1 N–H and O–H groups in total. The van der Waals surface area contributed by atoms with Crippen molar-refractivity contribution in [3.63, 3.8) is 0 Å². The summed E-state index contributed by atoms with van der Waals surface area (Å²) in [7, 11) is 2.05. The van der Waals surface area contributed by atoms with Crippen LogP contribution in [0.5, 0.6) is 0 Å². The molecule has 0 aliphatic rings. The molecular formula is C17H31NO. The molecule has 1 aromatic rings. The van der Waals surface area contributed by atoms with Gasteiger partial charge in [0.1, 0.15) is 5.76 Å². The van der Waals surface area contributed by atoms with Gasteiger partial charge in [-0.2, -0.15) is 0 Å². The van der Waals surface area contributed by atoms with Crippen LogP contribution < -0.4 is 5.32 Å². The van der Waals surface area contributed by atoms with E-state index in [-0.39, 0.29) is 0 Å². The smallest absolute Gasteiger partial charge is 0.108 e. The first-order chi connectivity index (χ1) is 9.33. The van der Waals surface area contributed by atoms with E-state index in [0.29, 0.717) is 6.04 Å². The first-order valence-corrected chi connectivity index (χ1v) is 8.07. The Bertz CT molecular complexity index is 319. The lowest BCUT2D eigenvalue weighted by atomic mass is 9.99. The SMILES string of the molecule is CCCCCCCCCC(NC)c1ccoc1CC. The molecule has 1 aromatic heterocycles. The first kappa shape index (κ1) is 16.3. The zero-order chi connectivity index (χ0) is 13.9. The Kier molecular flexibility index (Phi) is 8.64. The van der Waals surface area contributed by atoms with Crippen molar-refractivity contribution < 1.29 is 4.42 Å². The van der Waals surface area contributed by atoms with Crippen molar-refractivity contribution in [2.24, 2.45) is 0 Å². The fourth-order valence-corrected chi connectivity index (χ4v) is 2.71. The summed E-state index contributed by atoms with van der Waals surface area (Å²) in [5.74, 6) is 1.14. The standard InChI is InChI=1S/C17H31NO/c1-4-6-7-8-9-10-11-12-16(18-3)15-13-14-19-17(15)5-2/h13-14,16,18H,4-12H2,1-3H3. The van der Waals surface area contributed by atoms with Crippen LogP contribution in [0.15, 0.2) is 16.7 Å². The molecule has 110 valence electrons. The van der Waals surface area contributed by atoms with Gasteiger partial charge in [-0.05, 0) is 19.5 Å². The molecule has 2 heteroatoms. The van der Waals surface area contributed by atoms with Crippen LogP contribution in [0, 0.1) is 0 Å². The second kappa shape index (κ2) is 10.1. The van der Waals surface area contributed by atoms with E-state index in [4.69, 9.17) is 4.42 Å². The molecule has 19 heavy (non-hydrogen) atoms. The molecule has 0 saturated heterocycles. The molecule has 0 fully saturated rings. The molecule has 0 radical (unpaired) electrons. The molecule has 1 rings (SSSR count). The monoisotopic (exact) mass is 265 g/mol. The molecule has 0 aromatic carbocycles. The first-order valence-electron chi connectivity index (χ1n) is 8.07. The average molecular weight is 265 g/mol. The van der Waals surface area contributed by atoms with Gasteiger partial charge in [0.2, 0.25) is 0 Å². The number of hydrogen-bond donors (Lipinski definition) is 1. The van der Waals surface area contributed by atoms with Gasteiger partial charge < -0.3 is 9.73 Å². The maximum absolute atomic E-state index is 5.53. The predicted molar refractivity (Wildman–Crippen MR) is 82.5 cm³/mol. The fourth-order valence-electron chi connectivity index (χ4n) is 2.71. The zero-order valence-corrected chi connectivity index (χ0v) is 13.0. The Morgan fingerprint density at radius 2 is 1.74 bits per heavy atom. The molecule has 0 aliphatic carbocycles. The van der Waals surface area contributed by atoms with Crippen molar-refractivity contribution in [3.8, 4) is 0 Å². The van der Waals surface area contributed by atoms with Gasteiger partial charge in [-0.25, -0.2) is 0 Å². The van der Waals surface area contributed by atoms with Crippen LogP contribution in [0.4, 0.5) is 0 Å². The second-order valence-electron chi connectivity index (χ2n) is 5.40. The summed E-state index contributed by atoms with van der Waals surface area (Å²) in [5, 5.41) is 3.43. The van der Waals surface area contributed by atoms with Gasteiger partial charge in [-0.3, -0.25) is 0 Å². The van der Waals surface area contributed by atoms with Crippen LogP contribution in [0.1, 0.15) is 82.6 Å². The van der Waals surface area contributed by atoms with E-state index in [2.05, 4.69) is 32.3 Å². The molecule has 0 amide bonds. The van der Waals surface area contributed by atoms with E-state index in [1.807, 2.05) is 6.26 Å². The maximum atomic E-state index is 5.53. The Labute approximate surface area is 119 Å². The van der Waals surface area contributed by atoms with Crippen molar-refractivity contribution in [1.82, 2.24) is 5.32 Å². The van der Waals surface area contributed by atoms with E-state index in [9.17, 15) is 0 Å². The molecule has 1 heterocycles. The molecule has 0 aliphatic heterocycles. The summed E-state index contributed by atoms with van der Waals surface area (Å²) in [4.78, 5) is 0. The highest BCUT2D eigenvalue weighted by atomic mass is 16.3. The molecule has 0 saturated carbocycles. The van der Waals surface area contributed by atoms with Crippen LogP contribution in [0.25, 0.3) is 0 Å². The molecular weight excluding hydrogens is 234 g/mol. The predicted octanol–water partition coefficient (Wildman–Crippen LogP) is 5.24. The van der Waals surface area contributed by atoms with Crippen molar-refractivity contribution >= 4 is 0 Å². The molecule has 0 bridgehead atoms. The quantitative estimate of drug-likeness (QED) is 0.553. The van der Waals surface area contributed by atoms with Gasteiger partial charge >= 0.3 is 0 Å². The number of aryl methyl sites for hydroxylation is 1. The summed E-state index contributed by atoms with van der Waals surface area (Å²) in [6.45, 7) is 4.43. The molecule has 1 atom stereocenters. The third kappa shape index (κ3) is 5.82. The fraction of sp³-hybridized carbons (Fsp3) is 0.765. The summed E-state index contributed by atoms with van der Waals surface area (Å²) < 4.78 is 5.53. The van der Waals surface area contributed by atoms with Gasteiger partial charge in [0.05, 0.1) is 6.26 Å². The van der Waals surface area contributed by atoms with E-state index >= 15 is 0 Å². The Morgan fingerprint density at radius 1 is 1.05 bits per heavy atom. The Balaban J connectivity index is 2.22. The lowest BCUT2D eigenvalue weighted by Gasteiger charge is -2.16. The topological polar surface area (TPSA) is 25.2 Å². The van der Waals surface area contributed by atoms with Crippen molar-refractivity contribution in [1.29, 1.82) is 0 Å². The van der Waals surface area contributed by atoms with Crippen molar-refractivity contribution in [2.45, 2.75) is 77.7 Å². The Morgan fingerprint density at radius 3 is 2.37 bits per heavy atom. The highest BCUT2D eigenvalue weighted by Gasteiger charge is 2.14.